The van der Waals surface area contributed by atoms with Gasteiger partial charge in [0.1, 0.15) is 0 Å². The zero-order chi connectivity index (χ0) is 12.8. The van der Waals surface area contributed by atoms with Gasteiger partial charge in [0, 0.05) is 30.0 Å². The highest BCUT2D eigenvalue weighted by Gasteiger charge is 1.98. The van der Waals surface area contributed by atoms with E-state index in [-0.39, 0.29) is 0 Å². The van der Waals surface area contributed by atoms with Crippen molar-refractivity contribution in [2.75, 3.05) is 6.54 Å². The molecule has 0 saturated carbocycles. The number of nitrogens with one attached hydrogen (secondary N) is 1. The molecule has 96 valence electrons. The van der Waals surface area contributed by atoms with E-state index in [4.69, 9.17) is 11.6 Å². The molecule has 1 heterocycles. The van der Waals surface area contributed by atoms with Crippen molar-refractivity contribution < 1.29 is 0 Å². The summed E-state index contributed by atoms with van der Waals surface area (Å²) in [6, 6.07) is 7.93. The van der Waals surface area contributed by atoms with E-state index in [1.54, 1.807) is 6.20 Å². The molecule has 2 rings (SSSR count). The molecule has 0 aliphatic carbocycles. The first kappa shape index (κ1) is 13.6. The predicted molar refractivity (Wildman–Crippen MR) is 77.7 cm³/mol. The Balaban J connectivity index is 1.67. The van der Waals surface area contributed by atoms with Crippen LogP contribution < -0.4 is 5.32 Å². The molecule has 0 bridgehead atoms. The van der Waals surface area contributed by atoms with Gasteiger partial charge in [-0.05, 0) is 52.7 Å². The molecular formula is C13H15BrClN3. The van der Waals surface area contributed by atoms with E-state index in [0.717, 1.165) is 35.6 Å². The van der Waals surface area contributed by atoms with E-state index in [1.807, 2.05) is 35.1 Å². The molecule has 1 aromatic heterocycles. The standard InChI is InChI=1S/C13H15BrClN3/c14-12-9-11(3-4-13(12)15)10-16-5-1-7-18-8-2-6-17-18/h2-4,6,8-9,16H,1,5,7,10H2. The van der Waals surface area contributed by atoms with E-state index >= 15 is 0 Å². The Labute approximate surface area is 120 Å². The molecule has 0 atom stereocenters. The lowest BCUT2D eigenvalue weighted by Crippen LogP contribution is -2.16. The van der Waals surface area contributed by atoms with Crippen LogP contribution in [0.5, 0.6) is 0 Å². The van der Waals surface area contributed by atoms with Gasteiger partial charge in [-0.3, -0.25) is 4.68 Å². The van der Waals surface area contributed by atoms with E-state index < -0.39 is 0 Å². The van der Waals surface area contributed by atoms with Crippen LogP contribution in [0.4, 0.5) is 0 Å². The highest BCUT2D eigenvalue weighted by molar-refractivity contribution is 9.10. The molecule has 18 heavy (non-hydrogen) atoms. The zero-order valence-electron chi connectivity index (χ0n) is 9.94. The molecule has 0 aliphatic heterocycles. The van der Waals surface area contributed by atoms with E-state index in [9.17, 15) is 0 Å². The van der Waals surface area contributed by atoms with Gasteiger partial charge in [-0.25, -0.2) is 0 Å². The lowest BCUT2D eigenvalue weighted by molar-refractivity contribution is 0.543. The normalized spacial score (nSPS) is 10.8. The fourth-order valence-electron chi connectivity index (χ4n) is 1.68. The van der Waals surface area contributed by atoms with Crippen LogP contribution in [0.2, 0.25) is 5.02 Å². The summed E-state index contributed by atoms with van der Waals surface area (Å²) in [4.78, 5) is 0. The number of benzene rings is 1. The average Bonchev–Trinajstić information content (AvgIpc) is 2.86. The Morgan fingerprint density at radius 3 is 3.00 bits per heavy atom. The maximum atomic E-state index is 5.94. The van der Waals surface area contributed by atoms with Gasteiger partial charge in [0.25, 0.3) is 0 Å². The number of aryl methyl sites for hydroxylation is 1. The van der Waals surface area contributed by atoms with Crippen LogP contribution in [-0.4, -0.2) is 16.3 Å². The van der Waals surface area contributed by atoms with Gasteiger partial charge in [-0.1, -0.05) is 17.7 Å². The lowest BCUT2D eigenvalue weighted by Gasteiger charge is -2.06. The van der Waals surface area contributed by atoms with Crippen molar-refractivity contribution in [1.82, 2.24) is 15.1 Å². The molecule has 0 saturated heterocycles. The van der Waals surface area contributed by atoms with Crippen molar-refractivity contribution in [3.63, 3.8) is 0 Å². The number of halogens is 2. The molecule has 0 aliphatic rings. The minimum absolute atomic E-state index is 0.748. The summed E-state index contributed by atoms with van der Waals surface area (Å²) >= 11 is 9.37. The van der Waals surface area contributed by atoms with Crippen molar-refractivity contribution in [1.29, 1.82) is 0 Å². The number of rotatable bonds is 6. The number of hydrogen-bond acceptors (Lipinski definition) is 2. The Hall–Kier alpha value is -0.840. The maximum absolute atomic E-state index is 5.94. The quantitative estimate of drug-likeness (QED) is 0.823. The molecule has 5 heteroatoms. The third-order valence-corrected chi connectivity index (χ3v) is 3.83. The summed E-state index contributed by atoms with van der Waals surface area (Å²) in [5.74, 6) is 0. The van der Waals surface area contributed by atoms with E-state index in [2.05, 4.69) is 26.3 Å². The molecule has 2 aromatic rings. The first-order chi connectivity index (χ1) is 8.75. The summed E-state index contributed by atoms with van der Waals surface area (Å²) in [6.45, 7) is 2.78. The van der Waals surface area contributed by atoms with Crippen molar-refractivity contribution in [3.8, 4) is 0 Å². The average molecular weight is 329 g/mol. The summed E-state index contributed by atoms with van der Waals surface area (Å²) in [7, 11) is 0. The molecule has 0 unspecified atom stereocenters. The molecule has 1 N–H and O–H groups in total. The van der Waals surface area contributed by atoms with Crippen molar-refractivity contribution in [2.24, 2.45) is 0 Å². The first-order valence-corrected chi connectivity index (χ1v) is 7.05. The molecule has 0 radical (unpaired) electrons. The summed E-state index contributed by atoms with van der Waals surface area (Å²) in [6.07, 6.45) is 4.85. The summed E-state index contributed by atoms with van der Waals surface area (Å²) in [5, 5.41) is 8.31. The van der Waals surface area contributed by atoms with Crippen LogP contribution in [0.25, 0.3) is 0 Å². The Bertz CT molecular complexity index is 485. The first-order valence-electron chi connectivity index (χ1n) is 5.88. The van der Waals surface area contributed by atoms with Crippen LogP contribution in [0.1, 0.15) is 12.0 Å². The van der Waals surface area contributed by atoms with Crippen LogP contribution in [0, 0.1) is 0 Å². The Kier molecular flexibility index (Phi) is 5.23. The molecule has 0 fully saturated rings. The molecular weight excluding hydrogens is 314 g/mol. The molecule has 1 aromatic carbocycles. The molecule has 0 amide bonds. The minimum atomic E-state index is 0.748. The van der Waals surface area contributed by atoms with Crippen LogP contribution in [-0.2, 0) is 13.1 Å². The van der Waals surface area contributed by atoms with Gasteiger partial charge in [-0.15, -0.1) is 0 Å². The fourth-order valence-corrected chi connectivity index (χ4v) is 2.22. The molecule has 3 nitrogen and oxygen atoms in total. The van der Waals surface area contributed by atoms with E-state index in [0.29, 0.717) is 0 Å². The van der Waals surface area contributed by atoms with Crippen molar-refractivity contribution in [3.05, 3.63) is 51.7 Å². The molecule has 0 spiro atoms. The zero-order valence-corrected chi connectivity index (χ0v) is 12.3. The van der Waals surface area contributed by atoms with Gasteiger partial charge < -0.3 is 5.32 Å². The van der Waals surface area contributed by atoms with Crippen molar-refractivity contribution >= 4 is 27.5 Å². The van der Waals surface area contributed by atoms with Crippen LogP contribution in [0.3, 0.4) is 0 Å². The highest BCUT2D eigenvalue weighted by Crippen LogP contribution is 2.22. The second kappa shape index (κ2) is 6.92. The topological polar surface area (TPSA) is 29.9 Å². The largest absolute Gasteiger partial charge is 0.313 e. The van der Waals surface area contributed by atoms with Crippen LogP contribution in [0.15, 0.2) is 41.1 Å². The second-order valence-electron chi connectivity index (χ2n) is 4.05. The summed E-state index contributed by atoms with van der Waals surface area (Å²) < 4.78 is 2.89. The number of hydrogen-bond donors (Lipinski definition) is 1. The van der Waals surface area contributed by atoms with Gasteiger partial charge in [0.15, 0.2) is 0 Å². The smallest absolute Gasteiger partial charge is 0.0548 e. The third-order valence-electron chi connectivity index (χ3n) is 2.61. The van der Waals surface area contributed by atoms with Gasteiger partial charge in [-0.2, -0.15) is 5.10 Å². The monoisotopic (exact) mass is 327 g/mol. The highest BCUT2D eigenvalue weighted by atomic mass is 79.9. The Morgan fingerprint density at radius 1 is 1.39 bits per heavy atom. The summed E-state index contributed by atoms with van der Waals surface area (Å²) in [5.41, 5.74) is 1.23. The Morgan fingerprint density at radius 2 is 2.28 bits per heavy atom. The SMILES string of the molecule is Clc1ccc(CNCCCn2cccn2)cc1Br. The number of nitrogens with zero attached hydrogens (tertiary/aromatic N) is 2. The maximum Gasteiger partial charge on any atom is 0.0548 e. The minimum Gasteiger partial charge on any atom is -0.313 e. The van der Waals surface area contributed by atoms with Gasteiger partial charge in [0.05, 0.1) is 5.02 Å². The lowest BCUT2D eigenvalue weighted by atomic mass is 10.2. The number of aromatic nitrogens is 2. The second-order valence-corrected chi connectivity index (χ2v) is 5.31. The predicted octanol–water partition coefficient (Wildman–Crippen LogP) is 3.48. The van der Waals surface area contributed by atoms with Crippen molar-refractivity contribution in [2.45, 2.75) is 19.5 Å². The van der Waals surface area contributed by atoms with Gasteiger partial charge in [0.2, 0.25) is 0 Å². The third kappa shape index (κ3) is 4.12. The van der Waals surface area contributed by atoms with Gasteiger partial charge >= 0.3 is 0 Å². The van der Waals surface area contributed by atoms with E-state index in [1.165, 1.54) is 5.56 Å². The van der Waals surface area contributed by atoms with Crippen LogP contribution >= 0.6 is 27.5 Å². The fraction of sp³-hybridized carbons (Fsp3) is 0.308.